The lowest BCUT2D eigenvalue weighted by Gasteiger charge is -2.60. The summed E-state index contributed by atoms with van der Waals surface area (Å²) in [6, 6.07) is 0. The minimum Gasteiger partial charge on any atom is -0.465 e. The fraction of sp³-hybridized carbons (Fsp3) is 0.759. The van der Waals surface area contributed by atoms with Crippen LogP contribution in [-0.4, -0.2) is 32.3 Å². The van der Waals surface area contributed by atoms with Crippen molar-refractivity contribution in [1.29, 1.82) is 0 Å². The number of fused-ring (bicyclic) bond motifs is 3. The number of carbonyl (C=O) groups is 2. The molecule has 35 heavy (non-hydrogen) atoms. The van der Waals surface area contributed by atoms with Crippen LogP contribution in [0.25, 0.3) is 0 Å². The van der Waals surface area contributed by atoms with Gasteiger partial charge < -0.3 is 9.57 Å². The largest absolute Gasteiger partial charge is 0.465 e. The second kappa shape index (κ2) is 9.54. The van der Waals surface area contributed by atoms with Gasteiger partial charge in [-0.25, -0.2) is 4.79 Å². The van der Waals surface area contributed by atoms with Crippen LogP contribution in [0, 0.1) is 33.6 Å². The van der Waals surface area contributed by atoms with Gasteiger partial charge in [0.15, 0.2) is 0 Å². The highest BCUT2D eigenvalue weighted by Crippen LogP contribution is 2.65. The van der Waals surface area contributed by atoms with E-state index in [0.29, 0.717) is 6.42 Å². The predicted molar refractivity (Wildman–Crippen MR) is 143 cm³/mol. The van der Waals surface area contributed by atoms with E-state index in [1.165, 1.54) is 25.8 Å². The van der Waals surface area contributed by atoms with Crippen molar-refractivity contribution in [1.82, 2.24) is 0 Å². The first kappa shape index (κ1) is 27.7. The van der Waals surface area contributed by atoms with E-state index in [9.17, 15) is 9.59 Å². The van der Waals surface area contributed by atoms with E-state index in [2.05, 4.69) is 70.4 Å². The normalized spacial score (nSPS) is 34.0. The average molecular weight is 500 g/mol. The molecule has 0 amide bonds. The molecule has 0 bridgehead atoms. The number of oxime groups is 1. The Kier molecular flexibility index (Phi) is 7.55. The zero-order valence-electron chi connectivity index (χ0n) is 23.4. The molecular weight excluding hydrogens is 454 g/mol. The van der Waals surface area contributed by atoms with Gasteiger partial charge >= 0.3 is 11.9 Å². The third-order valence-corrected chi connectivity index (χ3v) is 14.1. The summed E-state index contributed by atoms with van der Waals surface area (Å²) in [7, 11) is -1.74. The third-order valence-electron chi connectivity index (χ3n) is 9.57. The molecule has 6 heteroatoms. The van der Waals surface area contributed by atoms with Gasteiger partial charge in [0, 0.05) is 19.3 Å². The first-order chi connectivity index (χ1) is 16.1. The molecule has 5 nitrogen and oxygen atoms in total. The molecule has 0 unspecified atom stereocenters. The third kappa shape index (κ3) is 5.17. The van der Waals surface area contributed by atoms with E-state index in [1.54, 1.807) is 0 Å². The van der Waals surface area contributed by atoms with Crippen molar-refractivity contribution in [2.24, 2.45) is 27.3 Å². The monoisotopic (exact) mass is 499 g/mol. The Morgan fingerprint density at radius 1 is 1.14 bits per heavy atom. The summed E-state index contributed by atoms with van der Waals surface area (Å²) in [5.41, 5.74) is 5.57. The Morgan fingerprint density at radius 2 is 1.83 bits per heavy atom. The molecule has 0 aromatic carbocycles. The molecule has 194 valence electrons. The molecule has 3 aliphatic carbocycles. The van der Waals surface area contributed by atoms with Crippen LogP contribution in [0.2, 0.25) is 18.1 Å². The number of esters is 1. The lowest BCUT2D eigenvalue weighted by molar-refractivity contribution is -0.146. The molecule has 0 aromatic heterocycles. The minimum absolute atomic E-state index is 0.0636. The van der Waals surface area contributed by atoms with Gasteiger partial charge in [-0.15, -0.1) is 5.54 Å². The molecule has 0 radical (unpaired) electrons. The number of hydrogen-bond acceptors (Lipinski definition) is 5. The van der Waals surface area contributed by atoms with Gasteiger partial charge in [0.2, 0.25) is 0 Å². The number of nitrogens with zero attached hydrogens (tertiary/aromatic N) is 1. The second-order valence-electron chi connectivity index (χ2n) is 13.0. The summed E-state index contributed by atoms with van der Waals surface area (Å²) in [6.07, 6.45) is 9.52. The van der Waals surface area contributed by atoms with E-state index >= 15 is 0 Å². The molecule has 0 heterocycles. The van der Waals surface area contributed by atoms with Gasteiger partial charge in [0.25, 0.3) is 0 Å². The highest BCUT2D eigenvalue weighted by molar-refractivity contribution is 6.87. The molecule has 0 saturated heterocycles. The van der Waals surface area contributed by atoms with Crippen LogP contribution in [0.3, 0.4) is 0 Å². The first-order valence-corrected chi connectivity index (χ1v) is 16.2. The van der Waals surface area contributed by atoms with Gasteiger partial charge in [0.05, 0.1) is 11.1 Å². The van der Waals surface area contributed by atoms with Gasteiger partial charge in [-0.05, 0) is 66.9 Å². The van der Waals surface area contributed by atoms with Crippen LogP contribution in [0.4, 0.5) is 0 Å². The molecule has 4 atom stereocenters. The van der Waals surface area contributed by atoms with Crippen LogP contribution in [0.15, 0.2) is 16.8 Å². The Balaban J connectivity index is 2.07. The molecule has 3 rings (SSSR count). The van der Waals surface area contributed by atoms with Crippen molar-refractivity contribution < 1.29 is 19.2 Å². The summed E-state index contributed by atoms with van der Waals surface area (Å²) in [5, 5.41) is 4.51. The second-order valence-corrected chi connectivity index (χ2v) is 18.0. The van der Waals surface area contributed by atoms with Crippen molar-refractivity contribution in [3.63, 3.8) is 0 Å². The number of carbonyl (C=O) groups excluding carboxylic acids is 2. The van der Waals surface area contributed by atoms with Gasteiger partial charge in [0.1, 0.15) is 14.7 Å². The maximum atomic E-state index is 11.8. The van der Waals surface area contributed by atoms with Crippen molar-refractivity contribution >= 4 is 25.7 Å². The van der Waals surface area contributed by atoms with E-state index in [1.807, 2.05) is 0 Å². The smallest absolute Gasteiger partial charge is 0.331 e. The Bertz CT molecular complexity index is 994. The van der Waals surface area contributed by atoms with Gasteiger partial charge in [-0.3, -0.25) is 4.79 Å². The van der Waals surface area contributed by atoms with Crippen molar-refractivity contribution in [3.8, 4) is 11.5 Å². The summed E-state index contributed by atoms with van der Waals surface area (Å²) in [6.45, 7) is 19.4. The van der Waals surface area contributed by atoms with Gasteiger partial charge in [-0.1, -0.05) is 64.9 Å². The summed E-state index contributed by atoms with van der Waals surface area (Å²) in [4.78, 5) is 28.4. The SMILES string of the molecule is CC(=O)OC[C@]1(C)/C(=N/OC(C)=O)CC[C@]2(C)C3=CCCC[C@]3(C#C[Si](C)(C)C(C)(C)C)CC[C@H]21. The molecular formula is C29H45NO4Si. The van der Waals surface area contributed by atoms with Crippen LogP contribution in [0.5, 0.6) is 0 Å². The predicted octanol–water partition coefficient (Wildman–Crippen LogP) is 6.83. The molecule has 0 spiro atoms. The van der Waals surface area contributed by atoms with E-state index < -0.39 is 19.5 Å². The topological polar surface area (TPSA) is 65.0 Å². The fourth-order valence-electron chi connectivity index (χ4n) is 6.47. The molecule has 0 N–H and O–H groups in total. The lowest BCUT2D eigenvalue weighted by atomic mass is 9.43. The molecule has 2 fully saturated rings. The van der Waals surface area contributed by atoms with E-state index in [4.69, 9.17) is 9.57 Å². The number of rotatable bonds is 3. The Morgan fingerprint density at radius 3 is 2.43 bits per heavy atom. The summed E-state index contributed by atoms with van der Waals surface area (Å²) in [5.74, 6) is 3.43. The summed E-state index contributed by atoms with van der Waals surface area (Å²) < 4.78 is 5.60. The minimum atomic E-state index is -1.74. The molecule has 2 saturated carbocycles. The van der Waals surface area contributed by atoms with E-state index in [0.717, 1.165) is 37.8 Å². The van der Waals surface area contributed by atoms with Crippen molar-refractivity contribution in [2.45, 2.75) is 112 Å². The summed E-state index contributed by atoms with van der Waals surface area (Å²) >= 11 is 0. The quantitative estimate of drug-likeness (QED) is 0.107. The van der Waals surface area contributed by atoms with Gasteiger partial charge in [-0.2, -0.15) is 0 Å². The Hall–Kier alpha value is -1.87. The van der Waals surface area contributed by atoms with Crippen LogP contribution in [-0.2, 0) is 19.2 Å². The van der Waals surface area contributed by atoms with Crippen LogP contribution in [0.1, 0.15) is 93.4 Å². The highest BCUT2D eigenvalue weighted by Gasteiger charge is 2.60. The maximum Gasteiger partial charge on any atom is 0.331 e. The average Bonchev–Trinajstić information content (AvgIpc) is 2.75. The zero-order chi connectivity index (χ0) is 26.3. The molecule has 3 aliphatic rings. The number of allylic oxidation sites excluding steroid dienone is 2. The van der Waals surface area contributed by atoms with E-state index in [-0.39, 0.29) is 34.4 Å². The first-order valence-electron chi connectivity index (χ1n) is 13.2. The van der Waals surface area contributed by atoms with Crippen LogP contribution >= 0.6 is 0 Å². The zero-order valence-corrected chi connectivity index (χ0v) is 24.4. The maximum absolute atomic E-state index is 11.8. The highest BCUT2D eigenvalue weighted by atomic mass is 28.3. The fourth-order valence-corrected chi connectivity index (χ4v) is 7.40. The standard InChI is InChI=1S/C29H45NO4Si/c1-21(31)33-20-28(7)23-13-17-29(18-19-35(8,9)26(3,4)5)15-11-10-12-24(29)27(23,6)16-14-25(28)30-34-22(2)32/h12,23H,10-11,13-17,20H2,1-9H3/b30-25+/t23-,27+,28+,29-/m1/s1. The number of hydrogen-bond donors (Lipinski definition) is 0. The van der Waals surface area contributed by atoms with Crippen LogP contribution < -0.4 is 0 Å². The van der Waals surface area contributed by atoms with Crippen molar-refractivity contribution in [3.05, 3.63) is 11.6 Å². The molecule has 0 aliphatic heterocycles. The lowest BCUT2D eigenvalue weighted by Crippen LogP contribution is -2.57. The van der Waals surface area contributed by atoms with Crippen molar-refractivity contribution in [2.75, 3.05) is 6.61 Å². The Labute approximate surface area is 213 Å². The molecule has 0 aromatic rings. The number of ether oxygens (including phenoxy) is 1.